The maximum absolute atomic E-state index is 12.1. The van der Waals surface area contributed by atoms with E-state index in [4.69, 9.17) is 0 Å². The lowest BCUT2D eigenvalue weighted by Crippen LogP contribution is -2.24. The SMILES string of the molecule is CCCCCCNC(=O)c1cccc(NC(=O)c2cccs2)c1. The molecule has 0 saturated carbocycles. The van der Waals surface area contributed by atoms with Gasteiger partial charge in [0.15, 0.2) is 0 Å². The summed E-state index contributed by atoms with van der Waals surface area (Å²) >= 11 is 1.39. The number of amides is 2. The first-order valence-electron chi connectivity index (χ1n) is 7.94. The molecular weight excluding hydrogens is 308 g/mol. The number of hydrogen-bond donors (Lipinski definition) is 2. The van der Waals surface area contributed by atoms with E-state index in [0.29, 0.717) is 22.7 Å². The van der Waals surface area contributed by atoms with E-state index in [9.17, 15) is 9.59 Å². The van der Waals surface area contributed by atoms with Crippen molar-refractivity contribution in [3.63, 3.8) is 0 Å². The largest absolute Gasteiger partial charge is 0.352 e. The van der Waals surface area contributed by atoms with E-state index in [2.05, 4.69) is 17.6 Å². The quantitative estimate of drug-likeness (QED) is 0.709. The van der Waals surface area contributed by atoms with Crippen LogP contribution in [0.25, 0.3) is 0 Å². The van der Waals surface area contributed by atoms with Crippen LogP contribution in [0.3, 0.4) is 0 Å². The van der Waals surface area contributed by atoms with E-state index in [-0.39, 0.29) is 11.8 Å². The third-order valence-electron chi connectivity index (χ3n) is 3.44. The zero-order valence-corrected chi connectivity index (χ0v) is 14.1. The van der Waals surface area contributed by atoms with Crippen LogP contribution in [0.1, 0.15) is 52.6 Å². The first kappa shape index (κ1) is 17.2. The van der Waals surface area contributed by atoms with Crippen LogP contribution in [0, 0.1) is 0 Å². The van der Waals surface area contributed by atoms with Gasteiger partial charge in [0.1, 0.15) is 0 Å². The van der Waals surface area contributed by atoms with Crippen molar-refractivity contribution in [3.05, 3.63) is 52.2 Å². The second-order valence-electron chi connectivity index (χ2n) is 5.33. The van der Waals surface area contributed by atoms with Crippen molar-refractivity contribution in [1.29, 1.82) is 0 Å². The van der Waals surface area contributed by atoms with Crippen molar-refractivity contribution in [2.24, 2.45) is 0 Å². The van der Waals surface area contributed by atoms with E-state index >= 15 is 0 Å². The molecule has 0 atom stereocenters. The molecule has 0 spiro atoms. The number of benzene rings is 1. The number of carbonyl (C=O) groups is 2. The minimum atomic E-state index is -0.155. The fraction of sp³-hybridized carbons (Fsp3) is 0.333. The summed E-state index contributed by atoms with van der Waals surface area (Å²) in [6.45, 7) is 2.85. The maximum atomic E-state index is 12.1. The molecule has 0 aliphatic heterocycles. The van der Waals surface area contributed by atoms with E-state index in [0.717, 1.165) is 12.8 Å². The fourth-order valence-corrected chi connectivity index (χ4v) is 2.81. The summed E-state index contributed by atoms with van der Waals surface area (Å²) in [7, 11) is 0. The molecule has 5 heteroatoms. The summed E-state index contributed by atoms with van der Waals surface area (Å²) in [5.41, 5.74) is 1.19. The molecule has 0 aliphatic rings. The van der Waals surface area contributed by atoms with Crippen LogP contribution < -0.4 is 10.6 Å². The summed E-state index contributed by atoms with van der Waals surface area (Å²) in [5, 5.41) is 7.59. The summed E-state index contributed by atoms with van der Waals surface area (Å²) in [6, 6.07) is 10.6. The predicted octanol–water partition coefficient (Wildman–Crippen LogP) is 4.31. The Balaban J connectivity index is 1.88. The van der Waals surface area contributed by atoms with E-state index < -0.39 is 0 Å². The van der Waals surface area contributed by atoms with Crippen LogP contribution in [0.4, 0.5) is 5.69 Å². The molecule has 0 fully saturated rings. The van der Waals surface area contributed by atoms with Gasteiger partial charge in [0, 0.05) is 17.8 Å². The molecule has 122 valence electrons. The van der Waals surface area contributed by atoms with Gasteiger partial charge in [-0.05, 0) is 36.1 Å². The number of carbonyl (C=O) groups excluding carboxylic acids is 2. The van der Waals surface area contributed by atoms with Crippen molar-refractivity contribution in [3.8, 4) is 0 Å². The van der Waals surface area contributed by atoms with Crippen LogP contribution in [0.15, 0.2) is 41.8 Å². The van der Waals surface area contributed by atoms with E-state index in [1.54, 1.807) is 30.3 Å². The van der Waals surface area contributed by atoms with Gasteiger partial charge in [0.05, 0.1) is 4.88 Å². The molecular formula is C18H22N2O2S. The number of anilines is 1. The minimum absolute atomic E-state index is 0.103. The molecule has 2 N–H and O–H groups in total. The Bertz CT molecular complexity index is 638. The Kier molecular flexibility index (Phi) is 6.81. The molecule has 1 aromatic heterocycles. The van der Waals surface area contributed by atoms with Gasteiger partial charge in [0.2, 0.25) is 0 Å². The van der Waals surface area contributed by atoms with E-state index in [1.807, 2.05) is 11.4 Å². The van der Waals surface area contributed by atoms with Gasteiger partial charge in [-0.1, -0.05) is 38.3 Å². The molecule has 4 nitrogen and oxygen atoms in total. The molecule has 2 aromatic rings. The highest BCUT2D eigenvalue weighted by molar-refractivity contribution is 7.12. The number of nitrogens with one attached hydrogen (secondary N) is 2. The van der Waals surface area contributed by atoms with Gasteiger partial charge in [-0.15, -0.1) is 11.3 Å². The maximum Gasteiger partial charge on any atom is 0.265 e. The van der Waals surface area contributed by atoms with Crippen LogP contribution in [-0.2, 0) is 0 Å². The molecule has 23 heavy (non-hydrogen) atoms. The highest BCUT2D eigenvalue weighted by Gasteiger charge is 2.09. The number of rotatable bonds is 8. The Labute approximate surface area is 140 Å². The fourth-order valence-electron chi connectivity index (χ4n) is 2.19. The van der Waals surface area contributed by atoms with Crippen molar-refractivity contribution in [2.75, 3.05) is 11.9 Å². The normalized spacial score (nSPS) is 10.3. The average Bonchev–Trinajstić information content (AvgIpc) is 3.09. The Morgan fingerprint density at radius 2 is 1.91 bits per heavy atom. The van der Waals surface area contributed by atoms with Crippen LogP contribution in [-0.4, -0.2) is 18.4 Å². The Morgan fingerprint density at radius 3 is 2.65 bits per heavy atom. The second-order valence-corrected chi connectivity index (χ2v) is 6.28. The van der Waals surface area contributed by atoms with Crippen LogP contribution >= 0.6 is 11.3 Å². The molecule has 0 aliphatic carbocycles. The summed E-state index contributed by atoms with van der Waals surface area (Å²) in [5.74, 6) is -0.258. The van der Waals surface area contributed by atoms with Crippen molar-refractivity contribution < 1.29 is 9.59 Å². The van der Waals surface area contributed by atoms with Gasteiger partial charge >= 0.3 is 0 Å². The smallest absolute Gasteiger partial charge is 0.265 e. The van der Waals surface area contributed by atoms with Crippen molar-refractivity contribution in [2.45, 2.75) is 32.6 Å². The zero-order chi connectivity index (χ0) is 16.5. The third-order valence-corrected chi connectivity index (χ3v) is 4.31. The summed E-state index contributed by atoms with van der Waals surface area (Å²) in [6.07, 6.45) is 4.50. The van der Waals surface area contributed by atoms with Gasteiger partial charge < -0.3 is 10.6 Å². The summed E-state index contributed by atoms with van der Waals surface area (Å²) < 4.78 is 0. The standard InChI is InChI=1S/C18H22N2O2S/c1-2-3-4-5-11-19-17(21)14-8-6-9-15(13-14)20-18(22)16-10-7-12-23-16/h6-10,12-13H,2-5,11H2,1H3,(H,19,21)(H,20,22). The molecule has 0 bridgehead atoms. The predicted molar refractivity (Wildman–Crippen MR) is 95.2 cm³/mol. The monoisotopic (exact) mass is 330 g/mol. The highest BCUT2D eigenvalue weighted by atomic mass is 32.1. The number of hydrogen-bond acceptors (Lipinski definition) is 3. The molecule has 2 rings (SSSR count). The molecule has 1 aromatic carbocycles. The molecule has 0 unspecified atom stereocenters. The lowest BCUT2D eigenvalue weighted by atomic mass is 10.1. The first-order chi connectivity index (χ1) is 11.2. The third kappa shape index (κ3) is 5.53. The minimum Gasteiger partial charge on any atom is -0.352 e. The molecule has 0 saturated heterocycles. The first-order valence-corrected chi connectivity index (χ1v) is 8.82. The Morgan fingerprint density at radius 1 is 1.04 bits per heavy atom. The Hall–Kier alpha value is -2.14. The van der Waals surface area contributed by atoms with Gasteiger partial charge in [-0.25, -0.2) is 0 Å². The molecule has 2 amide bonds. The highest BCUT2D eigenvalue weighted by Crippen LogP contribution is 2.15. The van der Waals surface area contributed by atoms with Crippen LogP contribution in [0.2, 0.25) is 0 Å². The number of unbranched alkanes of at least 4 members (excludes halogenated alkanes) is 3. The second kappa shape index (κ2) is 9.10. The van der Waals surface area contributed by atoms with E-state index in [1.165, 1.54) is 24.2 Å². The molecule has 0 radical (unpaired) electrons. The average molecular weight is 330 g/mol. The summed E-state index contributed by atoms with van der Waals surface area (Å²) in [4.78, 5) is 24.8. The lowest BCUT2D eigenvalue weighted by molar-refractivity contribution is 0.0951. The van der Waals surface area contributed by atoms with Gasteiger partial charge in [-0.3, -0.25) is 9.59 Å². The van der Waals surface area contributed by atoms with Gasteiger partial charge in [0.25, 0.3) is 11.8 Å². The van der Waals surface area contributed by atoms with Gasteiger partial charge in [-0.2, -0.15) is 0 Å². The van der Waals surface area contributed by atoms with Crippen molar-refractivity contribution >= 4 is 28.8 Å². The lowest BCUT2D eigenvalue weighted by Gasteiger charge is -2.08. The number of thiophene rings is 1. The molecule has 1 heterocycles. The van der Waals surface area contributed by atoms with Crippen molar-refractivity contribution in [1.82, 2.24) is 5.32 Å². The topological polar surface area (TPSA) is 58.2 Å². The van der Waals surface area contributed by atoms with Crippen LogP contribution in [0.5, 0.6) is 0 Å². The zero-order valence-electron chi connectivity index (χ0n) is 13.3.